The van der Waals surface area contributed by atoms with E-state index in [1.54, 1.807) is 0 Å². The van der Waals surface area contributed by atoms with Crippen LogP contribution in [0.4, 0.5) is 0 Å². The van der Waals surface area contributed by atoms with Gasteiger partial charge in [-0.25, -0.2) is 0 Å². The van der Waals surface area contributed by atoms with E-state index in [4.69, 9.17) is 0 Å². The first-order chi connectivity index (χ1) is 3.84. The third kappa shape index (κ3) is 0.892. The Hall–Kier alpha value is -0.370. The lowest BCUT2D eigenvalue weighted by atomic mass is 9.91. The predicted molar refractivity (Wildman–Crippen MR) is 31.7 cm³/mol. The van der Waals surface area contributed by atoms with E-state index < -0.39 is 0 Å². The molecule has 1 atom stereocenters. The van der Waals surface area contributed by atoms with Gasteiger partial charge in [-0.2, -0.15) is 0 Å². The van der Waals surface area contributed by atoms with Crippen LogP contribution in [-0.4, -0.2) is 18.4 Å². The zero-order chi connectivity index (χ0) is 5.98. The van der Waals surface area contributed by atoms with Crippen LogP contribution in [0.3, 0.4) is 0 Å². The van der Waals surface area contributed by atoms with Crippen molar-refractivity contribution < 1.29 is 4.79 Å². The third-order valence-electron chi connectivity index (χ3n) is 1.52. The Morgan fingerprint density at radius 1 is 1.88 bits per heavy atom. The summed E-state index contributed by atoms with van der Waals surface area (Å²) in [6.45, 7) is 2.93. The number of carbonyl (C=O) groups is 1. The molecule has 0 amide bonds. The molecule has 1 rings (SSSR count). The number of hydrogen-bond acceptors (Lipinski definition) is 2. The maximum absolute atomic E-state index is 10.6. The highest BCUT2D eigenvalue weighted by Crippen LogP contribution is 2.12. The van der Waals surface area contributed by atoms with Crippen molar-refractivity contribution in [2.24, 2.45) is 0 Å². The minimum Gasteiger partial charge on any atom is -0.308 e. The van der Waals surface area contributed by atoms with Crippen LogP contribution in [0.2, 0.25) is 0 Å². The van der Waals surface area contributed by atoms with Crippen molar-refractivity contribution in [2.45, 2.75) is 25.8 Å². The molecule has 0 aromatic carbocycles. The van der Waals surface area contributed by atoms with Crippen LogP contribution >= 0.6 is 0 Å². The summed E-state index contributed by atoms with van der Waals surface area (Å²) in [4.78, 5) is 10.6. The number of likely N-dealkylation sites (N-methyl/N-ethyl adjacent to an activating group) is 1. The van der Waals surface area contributed by atoms with Crippen molar-refractivity contribution in [3.63, 3.8) is 0 Å². The van der Waals surface area contributed by atoms with E-state index in [1.807, 2.05) is 6.92 Å². The SMILES string of the molecule is CCNC1CCC1=O. The van der Waals surface area contributed by atoms with Gasteiger partial charge < -0.3 is 5.32 Å². The maximum Gasteiger partial charge on any atom is 0.149 e. The number of carbonyl (C=O) groups excluding carboxylic acids is 1. The first-order valence-corrected chi connectivity index (χ1v) is 3.10. The molecule has 1 fully saturated rings. The van der Waals surface area contributed by atoms with Crippen LogP contribution < -0.4 is 5.32 Å². The second kappa shape index (κ2) is 2.27. The van der Waals surface area contributed by atoms with E-state index in [2.05, 4.69) is 5.32 Å². The van der Waals surface area contributed by atoms with Gasteiger partial charge in [0.25, 0.3) is 0 Å². The Morgan fingerprint density at radius 2 is 2.62 bits per heavy atom. The highest BCUT2D eigenvalue weighted by molar-refractivity contribution is 5.89. The second-order valence-corrected chi connectivity index (χ2v) is 2.12. The lowest BCUT2D eigenvalue weighted by molar-refractivity contribution is -0.126. The molecule has 0 aliphatic heterocycles. The average molecular weight is 113 g/mol. The van der Waals surface area contributed by atoms with Gasteiger partial charge in [0.15, 0.2) is 0 Å². The van der Waals surface area contributed by atoms with Crippen molar-refractivity contribution in [3.8, 4) is 0 Å². The van der Waals surface area contributed by atoms with Crippen LogP contribution in [-0.2, 0) is 4.79 Å². The van der Waals surface area contributed by atoms with E-state index >= 15 is 0 Å². The fraction of sp³-hybridized carbons (Fsp3) is 0.833. The molecule has 0 saturated heterocycles. The summed E-state index contributed by atoms with van der Waals surface area (Å²) in [7, 11) is 0. The molecule has 1 saturated carbocycles. The smallest absolute Gasteiger partial charge is 0.149 e. The summed E-state index contributed by atoms with van der Waals surface area (Å²) in [5, 5.41) is 3.08. The van der Waals surface area contributed by atoms with E-state index in [0.29, 0.717) is 5.78 Å². The molecule has 2 heteroatoms. The fourth-order valence-corrected chi connectivity index (χ4v) is 0.869. The van der Waals surface area contributed by atoms with E-state index in [9.17, 15) is 4.79 Å². The number of rotatable bonds is 2. The topological polar surface area (TPSA) is 29.1 Å². The van der Waals surface area contributed by atoms with Crippen LogP contribution in [0.5, 0.6) is 0 Å². The fourth-order valence-electron chi connectivity index (χ4n) is 0.869. The normalized spacial score (nSPS) is 27.6. The van der Waals surface area contributed by atoms with Gasteiger partial charge in [-0.15, -0.1) is 0 Å². The Balaban J connectivity index is 2.17. The predicted octanol–water partition coefficient (Wildman–Crippen LogP) is 0.327. The summed E-state index contributed by atoms with van der Waals surface area (Å²) in [6, 6.07) is 0.208. The molecule has 0 aromatic heterocycles. The van der Waals surface area contributed by atoms with Crippen LogP contribution in [0, 0.1) is 0 Å². The molecular formula is C6H11NO. The summed E-state index contributed by atoms with van der Waals surface area (Å²) >= 11 is 0. The number of nitrogens with one attached hydrogen (secondary N) is 1. The third-order valence-corrected chi connectivity index (χ3v) is 1.52. The quantitative estimate of drug-likeness (QED) is 0.559. The molecule has 1 aliphatic rings. The largest absolute Gasteiger partial charge is 0.308 e. The highest BCUT2D eigenvalue weighted by Gasteiger charge is 2.26. The Kier molecular flexibility index (Phi) is 1.63. The van der Waals surface area contributed by atoms with Gasteiger partial charge in [0.1, 0.15) is 5.78 Å². The molecule has 0 heterocycles. The van der Waals surface area contributed by atoms with Crippen LogP contribution in [0.25, 0.3) is 0 Å². The zero-order valence-electron chi connectivity index (χ0n) is 5.11. The first-order valence-electron chi connectivity index (χ1n) is 3.10. The summed E-state index contributed by atoms with van der Waals surface area (Å²) < 4.78 is 0. The van der Waals surface area contributed by atoms with E-state index in [0.717, 1.165) is 19.4 Å². The highest BCUT2D eigenvalue weighted by atomic mass is 16.1. The molecule has 0 aromatic rings. The molecular weight excluding hydrogens is 102 g/mol. The molecule has 46 valence electrons. The number of ketones is 1. The molecule has 0 radical (unpaired) electrons. The van der Waals surface area contributed by atoms with Gasteiger partial charge >= 0.3 is 0 Å². The van der Waals surface area contributed by atoms with Gasteiger partial charge in [-0.3, -0.25) is 4.79 Å². The van der Waals surface area contributed by atoms with E-state index in [1.165, 1.54) is 0 Å². The molecule has 0 spiro atoms. The monoisotopic (exact) mass is 113 g/mol. The lowest BCUT2D eigenvalue weighted by Gasteiger charge is -2.23. The van der Waals surface area contributed by atoms with E-state index in [-0.39, 0.29) is 6.04 Å². The molecule has 1 aliphatic carbocycles. The van der Waals surface area contributed by atoms with Gasteiger partial charge in [0, 0.05) is 6.42 Å². The first kappa shape index (κ1) is 5.76. The molecule has 8 heavy (non-hydrogen) atoms. The number of Topliss-reactive ketones (excluding diaryl/α,β-unsaturated/α-hetero) is 1. The molecule has 0 bridgehead atoms. The zero-order valence-corrected chi connectivity index (χ0v) is 5.11. The Labute approximate surface area is 49.3 Å². The van der Waals surface area contributed by atoms with Crippen molar-refractivity contribution in [3.05, 3.63) is 0 Å². The van der Waals surface area contributed by atoms with Crippen LogP contribution in [0.1, 0.15) is 19.8 Å². The molecule has 1 unspecified atom stereocenters. The lowest BCUT2D eigenvalue weighted by Crippen LogP contribution is -2.44. The van der Waals surface area contributed by atoms with Crippen molar-refractivity contribution in [1.29, 1.82) is 0 Å². The van der Waals surface area contributed by atoms with Crippen molar-refractivity contribution in [1.82, 2.24) is 5.32 Å². The standard InChI is InChI=1S/C6H11NO/c1-2-7-5-3-4-6(5)8/h5,7H,2-4H2,1H3. The Bertz CT molecular complexity index is 101. The Morgan fingerprint density at radius 3 is 2.75 bits per heavy atom. The molecule has 2 nitrogen and oxygen atoms in total. The van der Waals surface area contributed by atoms with Crippen LogP contribution in [0.15, 0.2) is 0 Å². The molecule has 1 N–H and O–H groups in total. The van der Waals surface area contributed by atoms with Gasteiger partial charge in [0.05, 0.1) is 6.04 Å². The van der Waals surface area contributed by atoms with Gasteiger partial charge in [-0.1, -0.05) is 6.92 Å². The summed E-state index contributed by atoms with van der Waals surface area (Å²) in [6.07, 6.45) is 1.84. The minimum atomic E-state index is 0.208. The minimum absolute atomic E-state index is 0.208. The maximum atomic E-state index is 10.6. The van der Waals surface area contributed by atoms with Crippen molar-refractivity contribution in [2.75, 3.05) is 6.54 Å². The van der Waals surface area contributed by atoms with Gasteiger partial charge in [-0.05, 0) is 13.0 Å². The van der Waals surface area contributed by atoms with Crippen molar-refractivity contribution >= 4 is 5.78 Å². The summed E-state index contributed by atoms with van der Waals surface area (Å²) in [5.41, 5.74) is 0. The van der Waals surface area contributed by atoms with Gasteiger partial charge in [0.2, 0.25) is 0 Å². The summed E-state index contributed by atoms with van der Waals surface area (Å²) in [5.74, 6) is 0.381. The number of hydrogen-bond donors (Lipinski definition) is 1. The second-order valence-electron chi connectivity index (χ2n) is 2.12. The average Bonchev–Trinajstić information content (AvgIpc) is 1.79.